The van der Waals surface area contributed by atoms with Gasteiger partial charge in [0.15, 0.2) is 10.7 Å². The number of carbonyl (C=O) groups is 1. The molecule has 108 valence electrons. The molecule has 1 unspecified atom stereocenters. The SMILES string of the molecule is COC(=O)C1=CC(c2cnc(C(F)(F)F)s2)=N[S+]([O-])N1. The number of hydrogen-bond donors (Lipinski definition) is 1. The Morgan fingerprint density at radius 2 is 2.25 bits per heavy atom. The van der Waals surface area contributed by atoms with Crippen LogP contribution in [0.15, 0.2) is 22.4 Å². The van der Waals surface area contributed by atoms with Crippen molar-refractivity contribution < 1.29 is 27.3 Å². The third kappa shape index (κ3) is 3.11. The van der Waals surface area contributed by atoms with E-state index >= 15 is 0 Å². The Kier molecular flexibility index (Phi) is 4.01. The second-order valence-corrected chi connectivity index (χ2v) is 5.32. The molecule has 0 spiro atoms. The lowest BCUT2D eigenvalue weighted by Crippen LogP contribution is -2.31. The maximum absolute atomic E-state index is 12.5. The second kappa shape index (κ2) is 5.42. The first kappa shape index (κ1) is 14.8. The Labute approximate surface area is 117 Å². The molecule has 0 bridgehead atoms. The predicted molar refractivity (Wildman–Crippen MR) is 65.0 cm³/mol. The molecule has 0 saturated heterocycles. The molecule has 2 heterocycles. The van der Waals surface area contributed by atoms with Gasteiger partial charge in [-0.2, -0.15) is 17.9 Å². The van der Waals surface area contributed by atoms with Crippen LogP contribution in [0.2, 0.25) is 0 Å². The number of esters is 1. The Morgan fingerprint density at radius 1 is 1.55 bits per heavy atom. The highest BCUT2D eigenvalue weighted by Gasteiger charge is 2.35. The molecule has 20 heavy (non-hydrogen) atoms. The fraction of sp³-hybridized carbons (Fsp3) is 0.222. The van der Waals surface area contributed by atoms with Crippen LogP contribution < -0.4 is 4.72 Å². The lowest BCUT2D eigenvalue weighted by molar-refractivity contribution is -0.138. The summed E-state index contributed by atoms with van der Waals surface area (Å²) in [6.07, 6.45) is -2.45. The van der Waals surface area contributed by atoms with E-state index in [0.717, 1.165) is 19.4 Å². The molecular formula is C9H6F3N3O3S2. The molecule has 1 N–H and O–H groups in total. The van der Waals surface area contributed by atoms with Crippen LogP contribution in [-0.4, -0.2) is 28.3 Å². The van der Waals surface area contributed by atoms with Crippen molar-refractivity contribution in [1.29, 1.82) is 0 Å². The number of thiazole rings is 1. The number of allylic oxidation sites excluding steroid dienone is 1. The number of aromatic nitrogens is 1. The first-order chi connectivity index (χ1) is 9.31. The lowest BCUT2D eigenvalue weighted by atomic mass is 10.2. The third-order valence-electron chi connectivity index (χ3n) is 2.07. The van der Waals surface area contributed by atoms with Crippen molar-refractivity contribution in [3.8, 4) is 0 Å². The number of methoxy groups -OCH3 is 1. The van der Waals surface area contributed by atoms with Gasteiger partial charge in [-0.25, -0.2) is 9.78 Å². The van der Waals surface area contributed by atoms with Gasteiger partial charge in [-0.3, -0.25) is 0 Å². The van der Waals surface area contributed by atoms with E-state index in [1.807, 2.05) is 0 Å². The second-order valence-electron chi connectivity index (χ2n) is 3.40. The number of ether oxygens (including phenoxy) is 1. The average Bonchev–Trinajstić information content (AvgIpc) is 2.86. The van der Waals surface area contributed by atoms with Crippen molar-refractivity contribution in [2.45, 2.75) is 6.18 Å². The largest absolute Gasteiger partial charge is 0.567 e. The number of rotatable bonds is 2. The van der Waals surface area contributed by atoms with Gasteiger partial charge in [0.1, 0.15) is 5.71 Å². The topological polar surface area (TPSA) is 86.6 Å². The minimum absolute atomic E-state index is 0.0320. The first-order valence-corrected chi connectivity index (χ1v) is 6.84. The molecule has 0 radical (unpaired) electrons. The van der Waals surface area contributed by atoms with E-state index in [2.05, 4.69) is 18.8 Å². The van der Waals surface area contributed by atoms with Gasteiger partial charge in [-0.1, -0.05) is 0 Å². The summed E-state index contributed by atoms with van der Waals surface area (Å²) in [5, 5.41) is -1.05. The smallest absolute Gasteiger partial charge is 0.443 e. The highest BCUT2D eigenvalue weighted by atomic mass is 32.2. The number of alkyl halides is 3. The van der Waals surface area contributed by atoms with E-state index in [-0.39, 0.29) is 16.3 Å². The van der Waals surface area contributed by atoms with E-state index in [1.54, 1.807) is 0 Å². The van der Waals surface area contributed by atoms with Crippen molar-refractivity contribution in [2.75, 3.05) is 7.11 Å². The molecule has 1 aliphatic heterocycles. The van der Waals surface area contributed by atoms with Gasteiger partial charge in [0.05, 0.1) is 12.0 Å². The molecule has 11 heteroatoms. The molecule has 1 aromatic rings. The van der Waals surface area contributed by atoms with Gasteiger partial charge in [0, 0.05) is 12.3 Å². The molecule has 1 atom stereocenters. The Bertz CT molecular complexity index is 597. The van der Waals surface area contributed by atoms with E-state index in [4.69, 9.17) is 0 Å². The summed E-state index contributed by atoms with van der Waals surface area (Å²) in [5.74, 6) is -0.800. The Balaban J connectivity index is 2.34. The van der Waals surface area contributed by atoms with Crippen molar-refractivity contribution in [3.05, 3.63) is 27.9 Å². The number of nitrogens with one attached hydrogen (secondary N) is 1. The normalized spacial score (nSPS) is 18.9. The van der Waals surface area contributed by atoms with Crippen LogP contribution in [0.5, 0.6) is 0 Å². The van der Waals surface area contributed by atoms with E-state index in [1.165, 1.54) is 0 Å². The van der Waals surface area contributed by atoms with Crippen LogP contribution in [0.4, 0.5) is 13.2 Å². The molecule has 0 aromatic carbocycles. The summed E-state index contributed by atoms with van der Waals surface area (Å²) in [5.41, 5.74) is -0.187. The van der Waals surface area contributed by atoms with Crippen molar-refractivity contribution in [2.24, 2.45) is 4.40 Å². The zero-order chi connectivity index (χ0) is 14.9. The Hall–Kier alpha value is -1.59. The molecule has 1 aromatic heterocycles. The van der Waals surface area contributed by atoms with Crippen molar-refractivity contribution >= 4 is 34.6 Å². The van der Waals surface area contributed by atoms with E-state index in [0.29, 0.717) is 11.3 Å². The number of nitrogens with zero attached hydrogens (tertiary/aromatic N) is 2. The molecule has 2 rings (SSSR count). The number of hydrogen-bond acceptors (Lipinski definition) is 7. The Morgan fingerprint density at radius 3 is 2.80 bits per heavy atom. The number of halogens is 3. The van der Waals surface area contributed by atoms with E-state index in [9.17, 15) is 22.5 Å². The molecule has 0 aliphatic carbocycles. The van der Waals surface area contributed by atoms with Crippen LogP contribution in [0.3, 0.4) is 0 Å². The van der Waals surface area contributed by atoms with Crippen molar-refractivity contribution in [1.82, 2.24) is 9.71 Å². The molecule has 6 nitrogen and oxygen atoms in total. The van der Waals surface area contributed by atoms with Gasteiger partial charge in [-0.15, -0.1) is 11.3 Å². The third-order valence-corrected chi connectivity index (χ3v) is 3.89. The summed E-state index contributed by atoms with van der Waals surface area (Å²) >= 11 is -1.62. The summed E-state index contributed by atoms with van der Waals surface area (Å²) < 4.78 is 59.0. The average molecular weight is 325 g/mol. The maximum Gasteiger partial charge on any atom is 0.443 e. The van der Waals surface area contributed by atoms with Crippen LogP contribution in [0, 0.1) is 0 Å². The van der Waals surface area contributed by atoms with Crippen LogP contribution in [0.1, 0.15) is 9.88 Å². The summed E-state index contributed by atoms with van der Waals surface area (Å²) in [6.45, 7) is 0. The van der Waals surface area contributed by atoms with Gasteiger partial charge in [0.2, 0.25) is 11.5 Å². The van der Waals surface area contributed by atoms with Gasteiger partial charge < -0.3 is 9.29 Å². The quantitative estimate of drug-likeness (QED) is 0.652. The highest BCUT2D eigenvalue weighted by molar-refractivity contribution is 7.88. The fourth-order valence-electron chi connectivity index (χ4n) is 1.25. The van der Waals surface area contributed by atoms with Crippen LogP contribution >= 0.6 is 11.3 Å². The molecular weight excluding hydrogens is 319 g/mol. The number of carbonyl (C=O) groups excluding carboxylic acids is 1. The van der Waals surface area contributed by atoms with Crippen molar-refractivity contribution in [3.63, 3.8) is 0 Å². The lowest BCUT2D eigenvalue weighted by Gasteiger charge is -2.12. The molecule has 0 saturated carbocycles. The van der Waals surface area contributed by atoms with Gasteiger partial charge in [0.25, 0.3) is 0 Å². The summed E-state index contributed by atoms with van der Waals surface area (Å²) in [6, 6.07) is 0. The fourth-order valence-corrected chi connectivity index (χ4v) is 2.76. The minimum atomic E-state index is -4.57. The monoisotopic (exact) mass is 325 g/mol. The van der Waals surface area contributed by atoms with Gasteiger partial charge in [-0.05, 0) is 4.40 Å². The van der Waals surface area contributed by atoms with Crippen LogP contribution in [-0.2, 0) is 27.3 Å². The molecule has 0 amide bonds. The van der Waals surface area contributed by atoms with E-state index < -0.39 is 28.7 Å². The molecule has 1 aliphatic rings. The minimum Gasteiger partial charge on any atom is -0.567 e. The summed E-state index contributed by atoms with van der Waals surface area (Å²) in [4.78, 5) is 14.6. The zero-order valence-corrected chi connectivity index (χ0v) is 11.4. The predicted octanol–water partition coefficient (Wildman–Crippen LogP) is 1.19. The standard InChI is InChI=1S/C9H6F3N3O3S2/c1-18-7(16)5-2-4(14-20(17)15-5)6-3-13-8(19-6)9(10,11)12/h2-3,15H,1H3. The maximum atomic E-state index is 12.5. The molecule has 0 fully saturated rings. The first-order valence-electron chi connectivity index (χ1n) is 4.92. The van der Waals surface area contributed by atoms with Gasteiger partial charge >= 0.3 is 12.1 Å². The van der Waals surface area contributed by atoms with Crippen LogP contribution in [0.25, 0.3) is 0 Å². The summed E-state index contributed by atoms with van der Waals surface area (Å²) in [7, 11) is 1.12. The highest BCUT2D eigenvalue weighted by Crippen LogP contribution is 2.33. The zero-order valence-electron chi connectivity index (χ0n) is 9.72.